The number of nitrogens with zero attached hydrogens (tertiary/aromatic N) is 1. The molecule has 110 valence electrons. The van der Waals surface area contributed by atoms with E-state index in [1.807, 2.05) is 0 Å². The average molecular weight is 278 g/mol. The Labute approximate surface area is 119 Å². The van der Waals surface area contributed by atoms with Crippen LogP contribution in [0.5, 0.6) is 0 Å². The zero-order valence-electron chi connectivity index (χ0n) is 11.7. The van der Waals surface area contributed by atoms with E-state index in [2.05, 4.69) is 5.32 Å². The van der Waals surface area contributed by atoms with Gasteiger partial charge in [0.2, 0.25) is 5.91 Å². The van der Waals surface area contributed by atoms with E-state index in [0.29, 0.717) is 6.54 Å². The molecule has 0 unspecified atom stereocenters. The maximum atomic E-state index is 11.8. The Morgan fingerprint density at radius 3 is 2.80 bits per heavy atom. The highest BCUT2D eigenvalue weighted by atomic mass is 16.4. The first-order chi connectivity index (χ1) is 9.66. The maximum absolute atomic E-state index is 11.8. The largest absolute Gasteiger partial charge is 0.477 e. The second-order valence-electron chi connectivity index (χ2n) is 5.47. The van der Waals surface area contributed by atoms with Gasteiger partial charge >= 0.3 is 5.97 Å². The molecule has 0 aromatic carbocycles. The maximum Gasteiger partial charge on any atom is 0.352 e. The lowest BCUT2D eigenvalue weighted by Crippen LogP contribution is -2.29. The summed E-state index contributed by atoms with van der Waals surface area (Å²) in [5, 5.41) is 11.8. The Balaban J connectivity index is 1.67. The molecular weight excluding hydrogens is 256 g/mol. The smallest absolute Gasteiger partial charge is 0.352 e. The van der Waals surface area contributed by atoms with Gasteiger partial charge in [0.05, 0.1) is 0 Å². The third-order valence-electron chi connectivity index (χ3n) is 3.95. The highest BCUT2D eigenvalue weighted by Gasteiger charge is 2.14. The molecule has 0 atom stereocenters. The van der Waals surface area contributed by atoms with Gasteiger partial charge in [-0.25, -0.2) is 4.79 Å². The van der Waals surface area contributed by atoms with Crippen LogP contribution < -0.4 is 5.32 Å². The Morgan fingerprint density at radius 1 is 1.35 bits per heavy atom. The second kappa shape index (κ2) is 7.12. The Kier molecular flexibility index (Phi) is 5.21. The summed E-state index contributed by atoms with van der Waals surface area (Å²) < 4.78 is 1.45. The van der Waals surface area contributed by atoms with Crippen LogP contribution in [0, 0.1) is 5.92 Å². The number of carbonyl (C=O) groups is 2. The minimum absolute atomic E-state index is 0.0675. The van der Waals surface area contributed by atoms with Crippen LogP contribution in [0.3, 0.4) is 0 Å². The van der Waals surface area contributed by atoms with E-state index in [0.717, 1.165) is 12.3 Å². The van der Waals surface area contributed by atoms with Crippen LogP contribution in [-0.2, 0) is 11.3 Å². The number of aromatic nitrogens is 1. The predicted octanol–water partition coefficient (Wildman–Crippen LogP) is 2.27. The molecule has 0 saturated heterocycles. The number of carbonyl (C=O) groups excluding carboxylic acids is 1. The summed E-state index contributed by atoms with van der Waals surface area (Å²) in [4.78, 5) is 22.7. The van der Waals surface area contributed by atoms with Gasteiger partial charge in [-0.1, -0.05) is 25.7 Å². The van der Waals surface area contributed by atoms with Crippen LogP contribution in [0.4, 0.5) is 0 Å². The van der Waals surface area contributed by atoms with Crippen molar-refractivity contribution in [3.63, 3.8) is 0 Å². The van der Waals surface area contributed by atoms with E-state index in [1.165, 1.54) is 42.7 Å². The van der Waals surface area contributed by atoms with Crippen molar-refractivity contribution >= 4 is 11.9 Å². The van der Waals surface area contributed by atoms with Gasteiger partial charge in [-0.2, -0.15) is 0 Å². The standard InChI is InChI=1S/C15H22N2O3/c18-14(11-17-10-4-8-13(17)15(19)20)16-9-3-7-12-5-1-2-6-12/h4,8,10,12H,1-3,5-7,9,11H2,(H,16,18)(H,19,20). The topological polar surface area (TPSA) is 71.3 Å². The molecule has 0 bridgehead atoms. The fraction of sp³-hybridized carbons (Fsp3) is 0.600. The van der Waals surface area contributed by atoms with E-state index in [4.69, 9.17) is 5.11 Å². The molecule has 1 heterocycles. The minimum atomic E-state index is -1.01. The van der Waals surface area contributed by atoms with E-state index < -0.39 is 5.97 Å². The molecule has 5 nitrogen and oxygen atoms in total. The quantitative estimate of drug-likeness (QED) is 0.752. The molecule has 0 radical (unpaired) electrons. The minimum Gasteiger partial charge on any atom is -0.477 e. The summed E-state index contributed by atoms with van der Waals surface area (Å²) in [5.74, 6) is -0.297. The fourth-order valence-electron chi connectivity index (χ4n) is 2.87. The van der Waals surface area contributed by atoms with Gasteiger partial charge in [-0.3, -0.25) is 4.79 Å². The van der Waals surface area contributed by atoms with Crippen LogP contribution in [0.2, 0.25) is 0 Å². The molecule has 1 aromatic heterocycles. The van der Waals surface area contributed by atoms with Crippen molar-refractivity contribution in [2.45, 2.75) is 45.1 Å². The van der Waals surface area contributed by atoms with Crippen LogP contribution in [-0.4, -0.2) is 28.1 Å². The number of nitrogens with one attached hydrogen (secondary N) is 1. The molecule has 1 fully saturated rings. The molecule has 1 aliphatic rings. The van der Waals surface area contributed by atoms with Crippen molar-refractivity contribution in [3.05, 3.63) is 24.0 Å². The number of amides is 1. The first-order valence-electron chi connectivity index (χ1n) is 7.32. The van der Waals surface area contributed by atoms with Crippen molar-refractivity contribution < 1.29 is 14.7 Å². The Hall–Kier alpha value is -1.78. The van der Waals surface area contributed by atoms with Crippen molar-refractivity contribution in [1.82, 2.24) is 9.88 Å². The van der Waals surface area contributed by atoms with E-state index in [-0.39, 0.29) is 18.1 Å². The molecule has 5 heteroatoms. The third-order valence-corrected chi connectivity index (χ3v) is 3.95. The van der Waals surface area contributed by atoms with Gasteiger partial charge in [0.15, 0.2) is 0 Å². The first-order valence-corrected chi connectivity index (χ1v) is 7.32. The summed E-state index contributed by atoms with van der Waals surface area (Å²) in [5.41, 5.74) is 0.145. The highest BCUT2D eigenvalue weighted by Crippen LogP contribution is 2.28. The van der Waals surface area contributed by atoms with Crippen molar-refractivity contribution in [1.29, 1.82) is 0 Å². The van der Waals surface area contributed by atoms with Crippen molar-refractivity contribution in [3.8, 4) is 0 Å². The molecule has 1 saturated carbocycles. The summed E-state index contributed by atoms with van der Waals surface area (Å²) >= 11 is 0. The lowest BCUT2D eigenvalue weighted by atomic mass is 10.0. The van der Waals surface area contributed by atoms with Gasteiger partial charge < -0.3 is 15.0 Å². The molecule has 0 spiro atoms. The molecule has 20 heavy (non-hydrogen) atoms. The number of hydrogen-bond acceptors (Lipinski definition) is 2. The van der Waals surface area contributed by atoms with Crippen LogP contribution >= 0.6 is 0 Å². The van der Waals surface area contributed by atoms with E-state index in [9.17, 15) is 9.59 Å². The number of carboxylic acids is 1. The van der Waals surface area contributed by atoms with E-state index >= 15 is 0 Å². The van der Waals surface area contributed by atoms with Crippen LogP contribution in [0.15, 0.2) is 18.3 Å². The zero-order chi connectivity index (χ0) is 14.4. The van der Waals surface area contributed by atoms with Crippen LogP contribution in [0.1, 0.15) is 49.0 Å². The van der Waals surface area contributed by atoms with Gasteiger partial charge in [0.25, 0.3) is 0 Å². The highest BCUT2D eigenvalue weighted by molar-refractivity contribution is 5.86. The summed E-state index contributed by atoms with van der Waals surface area (Å²) in [6, 6.07) is 3.13. The monoisotopic (exact) mass is 278 g/mol. The third kappa shape index (κ3) is 4.11. The molecular formula is C15H22N2O3. The lowest BCUT2D eigenvalue weighted by Gasteiger charge is -2.10. The average Bonchev–Trinajstić information content (AvgIpc) is 3.05. The van der Waals surface area contributed by atoms with Crippen molar-refractivity contribution in [2.24, 2.45) is 5.92 Å². The molecule has 2 rings (SSSR count). The first kappa shape index (κ1) is 14.6. The summed E-state index contributed by atoms with van der Waals surface area (Å²) in [6.45, 7) is 0.747. The van der Waals surface area contributed by atoms with Gasteiger partial charge in [0, 0.05) is 12.7 Å². The van der Waals surface area contributed by atoms with Crippen molar-refractivity contribution in [2.75, 3.05) is 6.54 Å². The molecule has 1 amide bonds. The SMILES string of the molecule is O=C(Cn1cccc1C(=O)O)NCCCC1CCCC1. The second-order valence-corrected chi connectivity index (χ2v) is 5.47. The fourth-order valence-corrected chi connectivity index (χ4v) is 2.87. The van der Waals surface area contributed by atoms with Gasteiger partial charge in [-0.15, -0.1) is 0 Å². The Morgan fingerprint density at radius 2 is 2.10 bits per heavy atom. The number of hydrogen-bond donors (Lipinski definition) is 2. The predicted molar refractivity (Wildman–Crippen MR) is 75.6 cm³/mol. The number of rotatable bonds is 7. The zero-order valence-corrected chi connectivity index (χ0v) is 11.7. The molecule has 1 aromatic rings. The van der Waals surface area contributed by atoms with Crippen LogP contribution in [0.25, 0.3) is 0 Å². The van der Waals surface area contributed by atoms with E-state index in [1.54, 1.807) is 12.3 Å². The summed E-state index contributed by atoms with van der Waals surface area (Å²) in [7, 11) is 0. The molecule has 1 aliphatic carbocycles. The number of aromatic carboxylic acids is 1. The molecule has 0 aliphatic heterocycles. The van der Waals surface area contributed by atoms with Gasteiger partial charge in [0.1, 0.15) is 12.2 Å². The normalized spacial score (nSPS) is 15.4. The molecule has 2 N–H and O–H groups in total. The lowest BCUT2D eigenvalue weighted by molar-refractivity contribution is -0.121. The Bertz CT molecular complexity index is 461. The van der Waals surface area contributed by atoms with Gasteiger partial charge in [-0.05, 0) is 30.9 Å². The number of carboxylic acid groups (broad SMARTS) is 1. The summed E-state index contributed by atoms with van der Waals surface area (Å²) in [6.07, 6.45) is 9.17.